The summed E-state index contributed by atoms with van der Waals surface area (Å²) in [6.45, 7) is 2.27. The highest BCUT2D eigenvalue weighted by Gasteiger charge is 2.13. The maximum atomic E-state index is 14.4. The van der Waals surface area contributed by atoms with E-state index in [1.54, 1.807) is 6.07 Å². The number of ether oxygens (including phenoxy) is 1. The van der Waals surface area contributed by atoms with Crippen LogP contribution in [-0.2, 0) is 4.74 Å². The van der Waals surface area contributed by atoms with Gasteiger partial charge in [0.15, 0.2) is 5.82 Å². The van der Waals surface area contributed by atoms with Gasteiger partial charge in [0.2, 0.25) is 0 Å². The van der Waals surface area contributed by atoms with Gasteiger partial charge in [0, 0.05) is 31.9 Å². The Balaban J connectivity index is 1.66. The molecule has 0 saturated heterocycles. The number of azo groups is 2. The van der Waals surface area contributed by atoms with Crippen LogP contribution in [0.3, 0.4) is 0 Å². The molecule has 3 aromatic carbocycles. The third-order valence-electron chi connectivity index (χ3n) is 4.78. The van der Waals surface area contributed by atoms with E-state index in [9.17, 15) is 14.3 Å². The first-order valence-corrected chi connectivity index (χ1v) is 10.8. The van der Waals surface area contributed by atoms with Crippen molar-refractivity contribution in [1.29, 1.82) is 0 Å². The lowest BCUT2D eigenvalue weighted by Crippen LogP contribution is -2.07. The van der Waals surface area contributed by atoms with E-state index in [1.165, 1.54) is 30.3 Å². The molecule has 3 aromatic rings. The van der Waals surface area contributed by atoms with Crippen molar-refractivity contribution in [1.82, 2.24) is 0 Å². The topological polar surface area (TPSA) is 99.2 Å². The number of anilines is 1. The molecule has 3 rings (SSSR count). The molecule has 0 heterocycles. The van der Waals surface area contributed by atoms with Gasteiger partial charge in [-0.2, -0.15) is 15.3 Å². The monoisotopic (exact) mass is 463 g/mol. The standard InChI is InChI=1S/C25H26FN5O3/c1-4-5-14-34-25(33)21-12-8-19(16-24(21)32)29-30-23-13-9-18(15-22(23)26)28-27-17-6-10-20(11-7-17)31(2)3/h6-13,15-16,32H,4-5,14H2,1-3H3. The number of phenolic OH excluding ortho intramolecular Hbond substituents is 1. The van der Waals surface area contributed by atoms with Crippen molar-refractivity contribution >= 4 is 34.4 Å². The minimum Gasteiger partial charge on any atom is -0.507 e. The molecular formula is C25H26FN5O3. The van der Waals surface area contributed by atoms with Crippen molar-refractivity contribution in [3.63, 3.8) is 0 Å². The summed E-state index contributed by atoms with van der Waals surface area (Å²) in [4.78, 5) is 14.0. The fourth-order valence-electron chi connectivity index (χ4n) is 2.83. The van der Waals surface area contributed by atoms with Crippen molar-refractivity contribution < 1.29 is 19.0 Å². The number of aromatic hydroxyl groups is 1. The molecule has 0 aliphatic rings. The van der Waals surface area contributed by atoms with Crippen molar-refractivity contribution in [3.8, 4) is 5.75 Å². The number of carbonyl (C=O) groups is 1. The van der Waals surface area contributed by atoms with E-state index in [2.05, 4.69) is 20.5 Å². The van der Waals surface area contributed by atoms with Crippen LogP contribution in [0.5, 0.6) is 5.75 Å². The lowest BCUT2D eigenvalue weighted by molar-refractivity contribution is 0.0496. The molecule has 0 aliphatic heterocycles. The Hall–Kier alpha value is -4.14. The van der Waals surface area contributed by atoms with Crippen LogP contribution in [0.25, 0.3) is 0 Å². The average molecular weight is 464 g/mol. The molecule has 176 valence electrons. The van der Waals surface area contributed by atoms with Crippen molar-refractivity contribution in [2.24, 2.45) is 20.5 Å². The maximum Gasteiger partial charge on any atom is 0.341 e. The Bertz CT molecular complexity index is 1190. The van der Waals surface area contributed by atoms with E-state index < -0.39 is 11.8 Å². The van der Waals surface area contributed by atoms with Gasteiger partial charge < -0.3 is 14.7 Å². The van der Waals surface area contributed by atoms with E-state index >= 15 is 0 Å². The number of nitrogens with zero attached hydrogens (tertiary/aromatic N) is 5. The van der Waals surface area contributed by atoms with E-state index in [1.807, 2.05) is 50.2 Å². The number of unbranched alkanes of at least 4 members (excludes halogenated alkanes) is 1. The van der Waals surface area contributed by atoms with Crippen molar-refractivity contribution in [2.75, 3.05) is 25.6 Å². The summed E-state index contributed by atoms with van der Waals surface area (Å²) in [5.74, 6) is -1.52. The highest BCUT2D eigenvalue weighted by Crippen LogP contribution is 2.29. The molecule has 0 aromatic heterocycles. The van der Waals surface area contributed by atoms with Crippen LogP contribution in [0.4, 0.5) is 32.8 Å². The van der Waals surface area contributed by atoms with Crippen LogP contribution < -0.4 is 4.90 Å². The van der Waals surface area contributed by atoms with Gasteiger partial charge in [-0.1, -0.05) is 13.3 Å². The van der Waals surface area contributed by atoms with Gasteiger partial charge in [0.25, 0.3) is 0 Å². The average Bonchev–Trinajstić information content (AvgIpc) is 2.82. The molecule has 9 heteroatoms. The lowest BCUT2D eigenvalue weighted by atomic mass is 10.2. The van der Waals surface area contributed by atoms with Gasteiger partial charge in [0.1, 0.15) is 17.0 Å². The second-order valence-electron chi connectivity index (χ2n) is 7.64. The van der Waals surface area contributed by atoms with Gasteiger partial charge in [-0.25, -0.2) is 9.18 Å². The third-order valence-corrected chi connectivity index (χ3v) is 4.78. The largest absolute Gasteiger partial charge is 0.507 e. The molecule has 1 N–H and O–H groups in total. The van der Waals surface area contributed by atoms with E-state index in [0.717, 1.165) is 18.5 Å². The Kier molecular flexibility index (Phi) is 8.39. The molecule has 0 fully saturated rings. The van der Waals surface area contributed by atoms with Gasteiger partial charge in [-0.05, 0) is 55.0 Å². The number of rotatable bonds is 9. The SMILES string of the molecule is CCCCOC(=O)c1ccc(N=Nc2ccc(N=Nc3ccc(N(C)C)cc3)cc2F)cc1O. The zero-order valence-corrected chi connectivity index (χ0v) is 19.3. The molecular weight excluding hydrogens is 437 g/mol. The Labute approximate surface area is 197 Å². The molecule has 0 saturated carbocycles. The van der Waals surface area contributed by atoms with Crippen LogP contribution in [-0.4, -0.2) is 31.8 Å². The minimum atomic E-state index is -0.622. The Morgan fingerprint density at radius 2 is 1.53 bits per heavy atom. The second-order valence-corrected chi connectivity index (χ2v) is 7.64. The number of halogens is 1. The quantitative estimate of drug-likeness (QED) is 0.203. The molecule has 8 nitrogen and oxygen atoms in total. The highest BCUT2D eigenvalue weighted by molar-refractivity contribution is 5.92. The first kappa shape index (κ1) is 24.5. The predicted molar refractivity (Wildman–Crippen MR) is 129 cm³/mol. The van der Waals surface area contributed by atoms with Crippen LogP contribution >= 0.6 is 0 Å². The number of esters is 1. The second kappa shape index (κ2) is 11.6. The molecule has 34 heavy (non-hydrogen) atoms. The van der Waals surface area contributed by atoms with Crippen LogP contribution in [0.1, 0.15) is 30.1 Å². The van der Waals surface area contributed by atoms with Gasteiger partial charge in [-0.15, -0.1) is 5.11 Å². The van der Waals surface area contributed by atoms with Crippen LogP contribution in [0, 0.1) is 5.82 Å². The molecule has 0 unspecified atom stereocenters. The van der Waals surface area contributed by atoms with Crippen molar-refractivity contribution in [3.05, 3.63) is 72.0 Å². The molecule has 0 amide bonds. The van der Waals surface area contributed by atoms with Gasteiger partial charge in [-0.3, -0.25) is 0 Å². The molecule has 0 aliphatic carbocycles. The Morgan fingerprint density at radius 3 is 2.18 bits per heavy atom. The third kappa shape index (κ3) is 6.68. The highest BCUT2D eigenvalue weighted by atomic mass is 19.1. The zero-order chi connectivity index (χ0) is 24.5. The summed E-state index contributed by atoms with van der Waals surface area (Å²) in [5.41, 5.74) is 2.30. The summed E-state index contributed by atoms with van der Waals surface area (Å²) >= 11 is 0. The van der Waals surface area contributed by atoms with E-state index in [4.69, 9.17) is 4.74 Å². The van der Waals surface area contributed by atoms with Gasteiger partial charge >= 0.3 is 5.97 Å². The summed E-state index contributed by atoms with van der Waals surface area (Å²) in [6.07, 6.45) is 1.64. The first-order valence-electron chi connectivity index (χ1n) is 10.8. The number of hydrogen-bond acceptors (Lipinski definition) is 8. The number of carbonyl (C=O) groups excluding carboxylic acids is 1. The number of benzene rings is 3. The molecule has 0 radical (unpaired) electrons. The van der Waals surface area contributed by atoms with Crippen LogP contribution in [0.15, 0.2) is 81.1 Å². The van der Waals surface area contributed by atoms with Crippen LogP contribution in [0.2, 0.25) is 0 Å². The normalized spacial score (nSPS) is 11.3. The predicted octanol–water partition coefficient (Wildman–Crippen LogP) is 7.39. The zero-order valence-electron chi connectivity index (χ0n) is 19.3. The maximum absolute atomic E-state index is 14.4. The number of hydrogen-bond donors (Lipinski definition) is 1. The fourth-order valence-corrected chi connectivity index (χ4v) is 2.83. The lowest BCUT2D eigenvalue weighted by Gasteiger charge is -2.11. The first-order chi connectivity index (χ1) is 16.4. The smallest absolute Gasteiger partial charge is 0.341 e. The summed E-state index contributed by atoms with van der Waals surface area (Å²) in [5, 5.41) is 26.1. The molecule has 0 atom stereocenters. The Morgan fingerprint density at radius 1 is 0.912 bits per heavy atom. The summed E-state index contributed by atoms with van der Waals surface area (Å²) in [7, 11) is 3.89. The van der Waals surface area contributed by atoms with E-state index in [0.29, 0.717) is 11.4 Å². The fraction of sp³-hybridized carbons (Fsp3) is 0.240. The number of phenols is 1. The summed E-state index contributed by atoms with van der Waals surface area (Å²) in [6, 6.07) is 15.8. The minimum absolute atomic E-state index is 0.00294. The van der Waals surface area contributed by atoms with Gasteiger partial charge in [0.05, 0.1) is 23.7 Å². The molecule has 0 spiro atoms. The summed E-state index contributed by atoms with van der Waals surface area (Å²) < 4.78 is 19.5. The molecule has 0 bridgehead atoms. The van der Waals surface area contributed by atoms with E-state index in [-0.39, 0.29) is 29.3 Å². The van der Waals surface area contributed by atoms with Crippen molar-refractivity contribution in [2.45, 2.75) is 19.8 Å².